The molecule has 3 aromatic rings. The summed E-state index contributed by atoms with van der Waals surface area (Å²) in [7, 11) is 0. The molecule has 142 valence electrons. The maximum absolute atomic E-state index is 12.7. The average Bonchev–Trinajstić information content (AvgIpc) is 2.69. The molecule has 1 aliphatic rings. The van der Waals surface area contributed by atoms with Crippen LogP contribution in [0.1, 0.15) is 0 Å². The summed E-state index contributed by atoms with van der Waals surface area (Å²) >= 11 is 0. The highest BCUT2D eigenvalue weighted by Gasteiger charge is 2.44. The topological polar surface area (TPSA) is 130 Å². The van der Waals surface area contributed by atoms with Gasteiger partial charge in [-0.2, -0.15) is 0 Å². The Hall–Kier alpha value is -2.49. The summed E-state index contributed by atoms with van der Waals surface area (Å²) in [5.74, 6) is 0.203. The molecule has 0 spiro atoms. The number of fused-ring (bicyclic) bond motifs is 2. The summed E-state index contributed by atoms with van der Waals surface area (Å²) in [6, 6.07) is 11.4. The smallest absolute Gasteiger partial charge is 0.229 e. The Morgan fingerprint density at radius 1 is 0.926 bits per heavy atom. The fourth-order valence-corrected chi connectivity index (χ4v) is 3.15. The van der Waals surface area contributed by atoms with Crippen LogP contribution in [-0.4, -0.2) is 57.7 Å². The average molecular weight is 374 g/mol. The molecule has 0 bridgehead atoms. The molecule has 8 heteroatoms. The number of aliphatic hydroxyl groups excluding tert-OH is 4. The van der Waals surface area contributed by atoms with Gasteiger partial charge in [0, 0.05) is 0 Å². The van der Waals surface area contributed by atoms with Gasteiger partial charge < -0.3 is 34.3 Å². The maximum Gasteiger partial charge on any atom is 0.229 e. The van der Waals surface area contributed by atoms with Crippen LogP contribution in [0.2, 0.25) is 0 Å². The van der Waals surface area contributed by atoms with Gasteiger partial charge in [-0.15, -0.1) is 0 Å². The minimum absolute atomic E-state index is 0.203. The van der Waals surface area contributed by atoms with Gasteiger partial charge in [0.15, 0.2) is 0 Å². The highest BCUT2D eigenvalue weighted by Crippen LogP contribution is 2.27. The molecule has 1 fully saturated rings. The van der Waals surface area contributed by atoms with Crippen molar-refractivity contribution in [1.82, 2.24) is 0 Å². The van der Waals surface area contributed by atoms with Crippen molar-refractivity contribution in [2.45, 2.75) is 30.7 Å². The number of ether oxygens (including phenoxy) is 2. The molecule has 1 saturated heterocycles. The number of benzene rings is 2. The third-order valence-corrected chi connectivity index (χ3v) is 4.65. The standard InChI is InChI=1S/C19H18O8/c20-8-14-16(22)17(23)18(24)19(27-14)25-9-5-6-13-11(7-9)15(21)10-3-1-2-4-12(10)26-13/h1-7,14,16-20,22-24H,8H2/t14-,16-,17+,18-,19-/m1/s1. The molecule has 0 radical (unpaired) electrons. The summed E-state index contributed by atoms with van der Waals surface area (Å²) in [5, 5.41) is 39.7. The van der Waals surface area contributed by atoms with E-state index in [1.54, 1.807) is 30.3 Å². The van der Waals surface area contributed by atoms with Crippen molar-refractivity contribution in [2.24, 2.45) is 0 Å². The Balaban J connectivity index is 1.69. The lowest BCUT2D eigenvalue weighted by Crippen LogP contribution is -2.60. The van der Waals surface area contributed by atoms with Gasteiger partial charge in [-0.1, -0.05) is 12.1 Å². The van der Waals surface area contributed by atoms with Gasteiger partial charge in [-0.05, 0) is 30.3 Å². The third kappa shape index (κ3) is 3.07. The summed E-state index contributed by atoms with van der Waals surface area (Å²) in [4.78, 5) is 12.7. The second kappa shape index (κ2) is 6.91. The molecular formula is C19H18O8. The highest BCUT2D eigenvalue weighted by molar-refractivity contribution is 5.90. The first-order valence-electron chi connectivity index (χ1n) is 8.42. The fourth-order valence-electron chi connectivity index (χ4n) is 3.15. The van der Waals surface area contributed by atoms with Gasteiger partial charge in [-0.25, -0.2) is 0 Å². The Morgan fingerprint density at radius 3 is 2.44 bits per heavy atom. The van der Waals surface area contributed by atoms with E-state index in [1.807, 2.05) is 0 Å². The van der Waals surface area contributed by atoms with Gasteiger partial charge in [-0.3, -0.25) is 4.79 Å². The lowest BCUT2D eigenvalue weighted by atomic mass is 9.99. The van der Waals surface area contributed by atoms with E-state index in [1.165, 1.54) is 12.1 Å². The van der Waals surface area contributed by atoms with Gasteiger partial charge in [0.2, 0.25) is 11.7 Å². The zero-order valence-corrected chi connectivity index (χ0v) is 14.1. The Kier molecular flexibility index (Phi) is 4.58. The first-order chi connectivity index (χ1) is 13.0. The largest absolute Gasteiger partial charge is 0.462 e. The Morgan fingerprint density at radius 2 is 1.67 bits per heavy atom. The molecule has 2 heterocycles. The summed E-state index contributed by atoms with van der Waals surface area (Å²) in [6.45, 7) is -0.557. The molecule has 1 aromatic heterocycles. The van der Waals surface area contributed by atoms with Crippen LogP contribution < -0.4 is 10.2 Å². The molecular weight excluding hydrogens is 356 g/mol. The van der Waals surface area contributed by atoms with Crippen molar-refractivity contribution in [3.63, 3.8) is 0 Å². The lowest BCUT2D eigenvalue weighted by Gasteiger charge is -2.39. The van der Waals surface area contributed by atoms with E-state index in [0.717, 1.165) is 0 Å². The van der Waals surface area contributed by atoms with Crippen LogP contribution >= 0.6 is 0 Å². The van der Waals surface area contributed by atoms with Crippen molar-refractivity contribution in [3.05, 3.63) is 52.7 Å². The van der Waals surface area contributed by atoms with Crippen LogP contribution in [-0.2, 0) is 4.74 Å². The van der Waals surface area contributed by atoms with E-state index >= 15 is 0 Å². The van der Waals surface area contributed by atoms with Gasteiger partial charge in [0.25, 0.3) is 0 Å². The summed E-state index contributed by atoms with van der Waals surface area (Å²) in [5.41, 5.74) is 0.614. The molecule has 4 rings (SSSR count). The van der Waals surface area contributed by atoms with Crippen molar-refractivity contribution < 1.29 is 34.3 Å². The van der Waals surface area contributed by atoms with Crippen molar-refractivity contribution in [2.75, 3.05) is 6.61 Å². The number of hydrogen-bond donors (Lipinski definition) is 4. The second-order valence-corrected chi connectivity index (χ2v) is 6.40. The molecule has 4 N–H and O–H groups in total. The van der Waals surface area contributed by atoms with Crippen molar-refractivity contribution >= 4 is 21.9 Å². The molecule has 5 atom stereocenters. The molecule has 0 unspecified atom stereocenters. The van der Waals surface area contributed by atoms with E-state index in [-0.39, 0.29) is 16.6 Å². The first-order valence-corrected chi connectivity index (χ1v) is 8.42. The molecule has 0 aliphatic carbocycles. The van der Waals surface area contributed by atoms with Crippen molar-refractivity contribution in [3.8, 4) is 5.75 Å². The highest BCUT2D eigenvalue weighted by atomic mass is 16.7. The van der Waals surface area contributed by atoms with Crippen LogP contribution in [0.15, 0.2) is 51.7 Å². The maximum atomic E-state index is 12.7. The van der Waals surface area contributed by atoms with Crippen LogP contribution in [0.4, 0.5) is 0 Å². The minimum atomic E-state index is -1.55. The van der Waals surface area contributed by atoms with Gasteiger partial charge >= 0.3 is 0 Å². The predicted molar refractivity (Wildman–Crippen MR) is 94.4 cm³/mol. The van der Waals surface area contributed by atoms with Gasteiger partial charge in [0.05, 0.1) is 17.4 Å². The normalized spacial score (nSPS) is 28.5. The van der Waals surface area contributed by atoms with Crippen LogP contribution in [0.5, 0.6) is 5.75 Å². The first kappa shape index (κ1) is 17.9. The summed E-state index contributed by atoms with van der Waals surface area (Å²) < 4.78 is 16.6. The quantitative estimate of drug-likeness (QED) is 0.476. The SMILES string of the molecule is O=c1c2ccccc2oc2ccc(O[C@@H]3O[C@H](CO)[C@@H](O)[C@H](O)[C@H]3O)cc12. The number of aliphatic hydroxyl groups is 4. The van der Waals surface area contributed by atoms with Gasteiger partial charge in [0.1, 0.15) is 41.3 Å². The number of hydrogen-bond acceptors (Lipinski definition) is 8. The third-order valence-electron chi connectivity index (χ3n) is 4.65. The predicted octanol–water partition coefficient (Wildman–Crippen LogP) is 0.125. The van der Waals surface area contributed by atoms with E-state index in [2.05, 4.69) is 0 Å². The van der Waals surface area contributed by atoms with Crippen molar-refractivity contribution in [1.29, 1.82) is 0 Å². The molecule has 0 amide bonds. The van der Waals surface area contributed by atoms with Crippen LogP contribution in [0.3, 0.4) is 0 Å². The summed E-state index contributed by atoms with van der Waals surface area (Å²) in [6.07, 6.45) is -6.96. The minimum Gasteiger partial charge on any atom is -0.462 e. The monoisotopic (exact) mass is 374 g/mol. The Bertz CT molecular complexity index is 1030. The molecule has 8 nitrogen and oxygen atoms in total. The molecule has 1 aliphatic heterocycles. The van der Waals surface area contributed by atoms with E-state index < -0.39 is 37.3 Å². The fraction of sp³-hybridized carbons (Fsp3) is 0.316. The molecule has 27 heavy (non-hydrogen) atoms. The Labute approximate surface area is 152 Å². The van der Waals surface area contributed by atoms with E-state index in [9.17, 15) is 25.2 Å². The van der Waals surface area contributed by atoms with Crippen LogP contribution in [0.25, 0.3) is 21.9 Å². The molecule has 0 saturated carbocycles. The zero-order chi connectivity index (χ0) is 19.1. The van der Waals surface area contributed by atoms with E-state index in [0.29, 0.717) is 16.6 Å². The van der Waals surface area contributed by atoms with Crippen LogP contribution in [0, 0.1) is 0 Å². The molecule has 2 aromatic carbocycles. The number of para-hydroxylation sites is 1. The van der Waals surface area contributed by atoms with E-state index in [4.69, 9.17) is 13.9 Å². The second-order valence-electron chi connectivity index (χ2n) is 6.40. The lowest BCUT2D eigenvalue weighted by molar-refractivity contribution is -0.277. The zero-order valence-electron chi connectivity index (χ0n) is 14.1. The number of rotatable bonds is 3.